The highest BCUT2D eigenvalue weighted by Gasteiger charge is 2.32. The second-order valence-corrected chi connectivity index (χ2v) is 8.11. The normalized spacial score (nSPS) is 18.8. The molecule has 2 aromatic carbocycles. The van der Waals surface area contributed by atoms with Crippen molar-refractivity contribution in [2.24, 2.45) is 0 Å². The van der Waals surface area contributed by atoms with Gasteiger partial charge >= 0.3 is 0 Å². The molecule has 4 rings (SSSR count). The third-order valence-corrected chi connectivity index (χ3v) is 5.97. The minimum atomic E-state index is -0.488. The van der Waals surface area contributed by atoms with E-state index in [2.05, 4.69) is 15.1 Å². The van der Waals surface area contributed by atoms with Crippen LogP contribution in [0.5, 0.6) is 0 Å². The molecule has 2 saturated heterocycles. The lowest BCUT2D eigenvalue weighted by Crippen LogP contribution is -2.54. The van der Waals surface area contributed by atoms with Gasteiger partial charge in [0.2, 0.25) is 11.8 Å². The average molecular weight is 441 g/mol. The molecule has 1 unspecified atom stereocenters. The van der Waals surface area contributed by atoms with E-state index in [1.165, 1.54) is 12.1 Å². The van der Waals surface area contributed by atoms with Gasteiger partial charge in [-0.3, -0.25) is 19.4 Å². The van der Waals surface area contributed by atoms with Crippen LogP contribution in [0.3, 0.4) is 0 Å². The Morgan fingerprint density at radius 2 is 1.56 bits per heavy atom. The summed E-state index contributed by atoms with van der Waals surface area (Å²) in [5.74, 6) is -0.394. The summed E-state index contributed by atoms with van der Waals surface area (Å²) >= 11 is 0. The quantitative estimate of drug-likeness (QED) is 0.744. The Bertz CT molecular complexity index is 895. The first-order valence-corrected chi connectivity index (χ1v) is 11.0. The zero-order valence-corrected chi connectivity index (χ0v) is 18.1. The van der Waals surface area contributed by atoms with E-state index in [1.807, 2.05) is 35.2 Å². The van der Waals surface area contributed by atoms with Crippen LogP contribution in [0, 0.1) is 5.82 Å². The second kappa shape index (κ2) is 10.7. The predicted molar refractivity (Wildman–Crippen MR) is 120 cm³/mol. The van der Waals surface area contributed by atoms with Crippen molar-refractivity contribution in [3.8, 4) is 0 Å². The smallest absolute Gasteiger partial charge is 0.246 e. The Kier molecular flexibility index (Phi) is 7.47. The van der Waals surface area contributed by atoms with E-state index in [-0.39, 0.29) is 17.6 Å². The zero-order valence-electron chi connectivity index (χ0n) is 18.1. The lowest BCUT2D eigenvalue weighted by Gasteiger charge is -2.39. The number of carbonyl (C=O) groups is 2. The maximum atomic E-state index is 13.2. The number of hydrogen-bond acceptors (Lipinski definition) is 5. The number of morpholine rings is 1. The third kappa shape index (κ3) is 5.70. The fourth-order valence-electron chi connectivity index (χ4n) is 4.19. The molecule has 0 saturated carbocycles. The third-order valence-electron chi connectivity index (χ3n) is 5.97. The van der Waals surface area contributed by atoms with Crippen molar-refractivity contribution in [3.63, 3.8) is 0 Å². The topological polar surface area (TPSA) is 65.1 Å². The van der Waals surface area contributed by atoms with Crippen molar-refractivity contribution in [1.29, 1.82) is 0 Å². The van der Waals surface area contributed by atoms with Crippen LogP contribution < -0.4 is 5.32 Å². The SMILES string of the molecule is O=C(Nc1ccc(F)cc1)C(c1ccccc1)N1CCN(C(=O)CN2CCOCC2)CC1. The summed E-state index contributed by atoms with van der Waals surface area (Å²) < 4.78 is 18.6. The van der Waals surface area contributed by atoms with Gasteiger partial charge < -0.3 is 15.0 Å². The van der Waals surface area contributed by atoms with E-state index in [4.69, 9.17) is 4.74 Å². The largest absolute Gasteiger partial charge is 0.379 e. The highest BCUT2D eigenvalue weighted by atomic mass is 19.1. The van der Waals surface area contributed by atoms with Crippen molar-refractivity contribution < 1.29 is 18.7 Å². The first-order valence-electron chi connectivity index (χ1n) is 11.0. The van der Waals surface area contributed by atoms with Gasteiger partial charge in [0.25, 0.3) is 0 Å². The molecule has 2 aromatic rings. The van der Waals surface area contributed by atoms with Crippen LogP contribution in [0.15, 0.2) is 54.6 Å². The van der Waals surface area contributed by atoms with Crippen LogP contribution in [-0.4, -0.2) is 85.5 Å². The number of rotatable bonds is 6. The molecule has 0 bridgehead atoms. The van der Waals surface area contributed by atoms with Crippen LogP contribution in [0.4, 0.5) is 10.1 Å². The van der Waals surface area contributed by atoms with Crippen LogP contribution in [0.25, 0.3) is 0 Å². The number of piperazine rings is 1. The van der Waals surface area contributed by atoms with Gasteiger partial charge in [0.05, 0.1) is 19.8 Å². The molecule has 0 radical (unpaired) electrons. The molecule has 2 amide bonds. The summed E-state index contributed by atoms with van der Waals surface area (Å²) in [4.78, 5) is 32.1. The van der Waals surface area contributed by atoms with Crippen molar-refractivity contribution in [2.75, 3.05) is 64.3 Å². The zero-order chi connectivity index (χ0) is 22.3. The monoisotopic (exact) mass is 440 g/mol. The van der Waals surface area contributed by atoms with E-state index in [0.717, 1.165) is 18.7 Å². The van der Waals surface area contributed by atoms with Gasteiger partial charge in [-0.05, 0) is 29.8 Å². The van der Waals surface area contributed by atoms with E-state index in [9.17, 15) is 14.0 Å². The van der Waals surface area contributed by atoms with Crippen molar-refractivity contribution >= 4 is 17.5 Å². The molecule has 1 N–H and O–H groups in total. The summed E-state index contributed by atoms with van der Waals surface area (Å²) in [6.45, 7) is 5.68. The molecule has 32 heavy (non-hydrogen) atoms. The predicted octanol–water partition coefficient (Wildman–Crippen LogP) is 1.98. The number of ether oxygens (including phenoxy) is 1. The van der Waals surface area contributed by atoms with E-state index in [1.54, 1.807) is 12.1 Å². The van der Waals surface area contributed by atoms with Gasteiger partial charge in [0, 0.05) is 45.0 Å². The fourth-order valence-corrected chi connectivity index (χ4v) is 4.19. The van der Waals surface area contributed by atoms with Crippen LogP contribution in [0.2, 0.25) is 0 Å². The number of carbonyl (C=O) groups excluding carboxylic acids is 2. The van der Waals surface area contributed by atoms with E-state index < -0.39 is 6.04 Å². The Morgan fingerprint density at radius 1 is 0.906 bits per heavy atom. The lowest BCUT2D eigenvalue weighted by molar-refractivity contribution is -0.136. The maximum Gasteiger partial charge on any atom is 0.246 e. The van der Waals surface area contributed by atoms with Gasteiger partial charge in [-0.15, -0.1) is 0 Å². The first kappa shape index (κ1) is 22.4. The Hall–Kier alpha value is -2.81. The van der Waals surface area contributed by atoms with Gasteiger partial charge in [-0.2, -0.15) is 0 Å². The summed E-state index contributed by atoms with van der Waals surface area (Å²) in [5, 5.41) is 2.91. The van der Waals surface area contributed by atoms with Crippen molar-refractivity contribution in [3.05, 3.63) is 66.0 Å². The van der Waals surface area contributed by atoms with Crippen LogP contribution in [-0.2, 0) is 14.3 Å². The first-order chi connectivity index (χ1) is 15.6. The number of nitrogens with one attached hydrogen (secondary N) is 1. The molecule has 2 fully saturated rings. The highest BCUT2D eigenvalue weighted by molar-refractivity contribution is 5.95. The minimum Gasteiger partial charge on any atom is -0.379 e. The number of nitrogens with zero attached hydrogens (tertiary/aromatic N) is 3. The molecule has 2 aliphatic heterocycles. The number of benzene rings is 2. The molecule has 0 spiro atoms. The fraction of sp³-hybridized carbons (Fsp3) is 0.417. The molecule has 8 heteroatoms. The standard InChI is InChI=1S/C24H29FN4O3/c25-20-6-8-21(9-7-20)26-24(31)23(19-4-2-1-3-5-19)29-12-10-28(11-13-29)22(30)18-27-14-16-32-17-15-27/h1-9,23H,10-18H2,(H,26,31). The van der Waals surface area contributed by atoms with Gasteiger partial charge in [0.1, 0.15) is 11.9 Å². The van der Waals surface area contributed by atoms with Crippen molar-refractivity contribution in [2.45, 2.75) is 6.04 Å². The molecule has 2 aliphatic rings. The Labute approximate surface area is 187 Å². The van der Waals surface area contributed by atoms with Gasteiger partial charge in [0.15, 0.2) is 0 Å². The van der Waals surface area contributed by atoms with Crippen molar-refractivity contribution in [1.82, 2.24) is 14.7 Å². The molecular formula is C24H29FN4O3. The van der Waals surface area contributed by atoms with Crippen LogP contribution >= 0.6 is 0 Å². The summed E-state index contributed by atoms with van der Waals surface area (Å²) in [6.07, 6.45) is 0. The molecule has 7 nitrogen and oxygen atoms in total. The van der Waals surface area contributed by atoms with Crippen LogP contribution in [0.1, 0.15) is 11.6 Å². The summed E-state index contributed by atoms with van der Waals surface area (Å²) in [6, 6.07) is 14.9. The molecule has 0 aliphatic carbocycles. The molecule has 0 aromatic heterocycles. The highest BCUT2D eigenvalue weighted by Crippen LogP contribution is 2.24. The number of amides is 2. The van der Waals surface area contributed by atoms with E-state index in [0.29, 0.717) is 51.6 Å². The average Bonchev–Trinajstić information content (AvgIpc) is 2.82. The Balaban J connectivity index is 1.40. The lowest BCUT2D eigenvalue weighted by atomic mass is 10.0. The molecular weight excluding hydrogens is 411 g/mol. The number of hydrogen-bond donors (Lipinski definition) is 1. The molecule has 1 atom stereocenters. The van der Waals surface area contributed by atoms with Gasteiger partial charge in [-0.25, -0.2) is 4.39 Å². The maximum absolute atomic E-state index is 13.2. The summed E-state index contributed by atoms with van der Waals surface area (Å²) in [5.41, 5.74) is 1.44. The molecule has 2 heterocycles. The molecule has 170 valence electrons. The second-order valence-electron chi connectivity index (χ2n) is 8.11. The van der Waals surface area contributed by atoms with Gasteiger partial charge in [-0.1, -0.05) is 30.3 Å². The van der Waals surface area contributed by atoms with E-state index >= 15 is 0 Å². The Morgan fingerprint density at radius 3 is 2.22 bits per heavy atom. The number of halogens is 1. The number of anilines is 1. The minimum absolute atomic E-state index is 0.124. The summed E-state index contributed by atoms with van der Waals surface area (Å²) in [7, 11) is 0.